The van der Waals surface area contributed by atoms with E-state index in [1.54, 1.807) is 24.3 Å². The lowest BCUT2D eigenvalue weighted by Crippen LogP contribution is -2.15. The molecule has 0 aromatic heterocycles. The summed E-state index contributed by atoms with van der Waals surface area (Å²) in [6.07, 6.45) is 4.21. The van der Waals surface area contributed by atoms with Crippen LogP contribution in [0.1, 0.15) is 60.2 Å². The van der Waals surface area contributed by atoms with Crippen LogP contribution < -0.4 is 0 Å². The molecule has 0 bridgehead atoms. The van der Waals surface area contributed by atoms with Crippen molar-refractivity contribution in [1.82, 2.24) is 0 Å². The number of benzene rings is 1. The minimum Gasteiger partial charge on any atom is -0.462 e. The van der Waals surface area contributed by atoms with Gasteiger partial charge in [-0.1, -0.05) is 45.2 Å². The molecule has 0 amide bonds. The molecule has 0 unspecified atom stereocenters. The van der Waals surface area contributed by atoms with Crippen LogP contribution in [0.2, 0.25) is 0 Å². The molecule has 5 heteroatoms. The molecule has 0 spiro atoms. The zero-order chi connectivity index (χ0) is 17.1. The lowest BCUT2D eigenvalue weighted by molar-refractivity contribution is 0.0464. The van der Waals surface area contributed by atoms with E-state index in [-0.39, 0.29) is 17.7 Å². The summed E-state index contributed by atoms with van der Waals surface area (Å²) in [6.45, 7) is 4.98. The first-order chi connectivity index (χ1) is 11.1. The second-order valence-electron chi connectivity index (χ2n) is 5.78. The summed E-state index contributed by atoms with van der Waals surface area (Å²) in [5.41, 5.74) is 0.484. The lowest BCUT2D eigenvalue weighted by Gasteiger charge is -2.09. The number of esters is 2. The number of carbonyl (C=O) groups excluding carboxylic acids is 2. The Labute approximate surface area is 144 Å². The minimum absolute atomic E-state index is 0.210. The molecule has 1 aromatic carbocycles. The van der Waals surface area contributed by atoms with Crippen LogP contribution in [0.5, 0.6) is 0 Å². The van der Waals surface area contributed by atoms with Crippen LogP contribution in [0.4, 0.5) is 0 Å². The highest BCUT2D eigenvalue weighted by atomic mass is 32.1. The monoisotopic (exact) mass is 338 g/mol. The van der Waals surface area contributed by atoms with Gasteiger partial charge in [0.25, 0.3) is 0 Å². The fourth-order valence-electron chi connectivity index (χ4n) is 2.13. The first-order valence-corrected chi connectivity index (χ1v) is 8.73. The minimum atomic E-state index is -0.525. The summed E-state index contributed by atoms with van der Waals surface area (Å²) in [6, 6.07) is 6.55. The van der Waals surface area contributed by atoms with E-state index >= 15 is 0 Å². The van der Waals surface area contributed by atoms with Gasteiger partial charge >= 0.3 is 11.9 Å². The average Bonchev–Trinajstić information content (AvgIpc) is 2.55. The second kappa shape index (κ2) is 11.1. The highest BCUT2D eigenvalue weighted by Gasteiger charge is 2.18. The van der Waals surface area contributed by atoms with Crippen LogP contribution in [0, 0.1) is 5.92 Å². The number of hydrogen-bond donors (Lipinski definition) is 1. The van der Waals surface area contributed by atoms with Crippen molar-refractivity contribution in [3.63, 3.8) is 0 Å². The zero-order valence-electron chi connectivity index (χ0n) is 13.9. The van der Waals surface area contributed by atoms with Gasteiger partial charge in [0.1, 0.15) is 6.61 Å². The fourth-order valence-corrected chi connectivity index (χ4v) is 2.22. The van der Waals surface area contributed by atoms with Crippen molar-refractivity contribution in [2.45, 2.75) is 39.5 Å². The van der Waals surface area contributed by atoms with E-state index in [4.69, 9.17) is 9.47 Å². The Morgan fingerprint density at radius 2 is 1.52 bits per heavy atom. The molecule has 0 fully saturated rings. The van der Waals surface area contributed by atoms with Crippen LogP contribution in [0.25, 0.3) is 0 Å². The van der Waals surface area contributed by atoms with Gasteiger partial charge in [0.15, 0.2) is 0 Å². The molecule has 0 aliphatic heterocycles. The van der Waals surface area contributed by atoms with Crippen molar-refractivity contribution in [1.29, 1.82) is 0 Å². The number of rotatable bonds is 10. The van der Waals surface area contributed by atoms with Gasteiger partial charge in [0.05, 0.1) is 17.7 Å². The van der Waals surface area contributed by atoms with Crippen molar-refractivity contribution in [2.24, 2.45) is 5.92 Å². The fraction of sp³-hybridized carbons (Fsp3) is 0.556. The Balaban J connectivity index is 2.48. The predicted molar refractivity (Wildman–Crippen MR) is 94.2 cm³/mol. The Morgan fingerprint density at radius 3 is 2.04 bits per heavy atom. The Bertz CT molecular complexity index is 500. The van der Waals surface area contributed by atoms with E-state index in [0.29, 0.717) is 18.3 Å². The first-order valence-electron chi connectivity index (χ1n) is 8.10. The average molecular weight is 338 g/mol. The highest BCUT2D eigenvalue weighted by Crippen LogP contribution is 2.13. The summed E-state index contributed by atoms with van der Waals surface area (Å²) in [5, 5.41) is 0. The maximum Gasteiger partial charge on any atom is 0.339 e. The van der Waals surface area contributed by atoms with Gasteiger partial charge in [0.2, 0.25) is 0 Å². The standard InChI is InChI=1S/C18H26O4S/c1-14(2)8-4-3-7-11-21-17(19)15-9-5-6-10-16(15)18(20)22-12-13-23/h5-6,9-10,14,23H,3-4,7-8,11-13H2,1-2H3. The maximum atomic E-state index is 12.1. The number of hydrogen-bond acceptors (Lipinski definition) is 5. The Hall–Kier alpha value is -1.49. The molecular weight excluding hydrogens is 312 g/mol. The molecule has 0 radical (unpaired) electrons. The highest BCUT2D eigenvalue weighted by molar-refractivity contribution is 7.80. The van der Waals surface area contributed by atoms with Gasteiger partial charge in [-0.3, -0.25) is 0 Å². The van der Waals surface area contributed by atoms with Crippen LogP contribution in [-0.4, -0.2) is 30.9 Å². The molecule has 0 saturated heterocycles. The molecule has 128 valence electrons. The molecule has 0 atom stereocenters. The molecule has 0 saturated carbocycles. The molecule has 23 heavy (non-hydrogen) atoms. The van der Waals surface area contributed by atoms with Crippen molar-refractivity contribution in [3.8, 4) is 0 Å². The van der Waals surface area contributed by atoms with Gasteiger partial charge in [-0.15, -0.1) is 0 Å². The smallest absolute Gasteiger partial charge is 0.339 e. The summed E-state index contributed by atoms with van der Waals surface area (Å²) in [5.74, 6) is 0.137. The summed E-state index contributed by atoms with van der Waals surface area (Å²) >= 11 is 3.99. The van der Waals surface area contributed by atoms with Crippen molar-refractivity contribution >= 4 is 24.6 Å². The van der Waals surface area contributed by atoms with E-state index in [2.05, 4.69) is 26.5 Å². The van der Waals surface area contributed by atoms with E-state index in [1.807, 2.05) is 0 Å². The van der Waals surface area contributed by atoms with E-state index in [9.17, 15) is 9.59 Å². The van der Waals surface area contributed by atoms with E-state index in [1.165, 1.54) is 6.42 Å². The quantitative estimate of drug-likeness (QED) is 0.396. The predicted octanol–water partition coefficient (Wildman–Crippen LogP) is 4.15. The molecule has 0 aliphatic rings. The number of thiol groups is 1. The zero-order valence-corrected chi connectivity index (χ0v) is 14.8. The third kappa shape index (κ3) is 7.55. The SMILES string of the molecule is CC(C)CCCCCOC(=O)c1ccccc1C(=O)OCCS. The van der Waals surface area contributed by atoms with Crippen LogP contribution in [-0.2, 0) is 9.47 Å². The van der Waals surface area contributed by atoms with Gasteiger partial charge in [-0.25, -0.2) is 9.59 Å². The molecular formula is C18H26O4S. The lowest BCUT2D eigenvalue weighted by atomic mass is 10.1. The summed E-state index contributed by atoms with van der Waals surface area (Å²) in [7, 11) is 0. The summed E-state index contributed by atoms with van der Waals surface area (Å²) < 4.78 is 10.3. The summed E-state index contributed by atoms with van der Waals surface area (Å²) in [4.78, 5) is 24.1. The van der Waals surface area contributed by atoms with Gasteiger partial charge < -0.3 is 9.47 Å². The van der Waals surface area contributed by atoms with Gasteiger partial charge in [-0.05, 0) is 24.5 Å². The van der Waals surface area contributed by atoms with Crippen molar-refractivity contribution in [2.75, 3.05) is 19.0 Å². The third-order valence-electron chi connectivity index (χ3n) is 3.35. The molecule has 0 heterocycles. The topological polar surface area (TPSA) is 52.6 Å². The Morgan fingerprint density at radius 1 is 0.957 bits per heavy atom. The molecule has 1 rings (SSSR count). The first kappa shape index (κ1) is 19.6. The van der Waals surface area contributed by atoms with E-state index < -0.39 is 11.9 Å². The van der Waals surface area contributed by atoms with Crippen molar-refractivity contribution < 1.29 is 19.1 Å². The van der Waals surface area contributed by atoms with Crippen LogP contribution >= 0.6 is 12.6 Å². The molecule has 4 nitrogen and oxygen atoms in total. The van der Waals surface area contributed by atoms with Crippen molar-refractivity contribution in [3.05, 3.63) is 35.4 Å². The Kier molecular flexibility index (Phi) is 9.45. The largest absolute Gasteiger partial charge is 0.462 e. The van der Waals surface area contributed by atoms with E-state index in [0.717, 1.165) is 19.3 Å². The number of unbranched alkanes of at least 4 members (excludes halogenated alkanes) is 2. The molecule has 0 N–H and O–H groups in total. The number of carbonyl (C=O) groups is 2. The van der Waals surface area contributed by atoms with Crippen LogP contribution in [0.15, 0.2) is 24.3 Å². The second-order valence-corrected chi connectivity index (χ2v) is 6.23. The molecule has 1 aromatic rings. The van der Waals surface area contributed by atoms with Gasteiger partial charge in [0, 0.05) is 5.75 Å². The normalized spacial score (nSPS) is 10.6. The number of ether oxygens (including phenoxy) is 2. The third-order valence-corrected chi connectivity index (χ3v) is 3.53. The molecule has 0 aliphatic carbocycles. The van der Waals surface area contributed by atoms with Gasteiger partial charge in [-0.2, -0.15) is 12.6 Å². The van der Waals surface area contributed by atoms with Crippen LogP contribution in [0.3, 0.4) is 0 Å². The maximum absolute atomic E-state index is 12.1.